The third-order valence-corrected chi connectivity index (χ3v) is 8.39. The summed E-state index contributed by atoms with van der Waals surface area (Å²) in [4.78, 5) is 50.6. The molecule has 10 nitrogen and oxygen atoms in total. The van der Waals surface area contributed by atoms with Crippen LogP contribution in [0.1, 0.15) is 57.1 Å². The Labute approximate surface area is 252 Å². The van der Waals surface area contributed by atoms with Crippen LogP contribution in [0.2, 0.25) is 0 Å². The van der Waals surface area contributed by atoms with E-state index in [1.807, 2.05) is 30.3 Å². The quantitative estimate of drug-likeness (QED) is 0.157. The lowest BCUT2D eigenvalue weighted by Crippen LogP contribution is -2.54. The van der Waals surface area contributed by atoms with Gasteiger partial charge in [0.05, 0.1) is 4.92 Å². The fourth-order valence-electron chi connectivity index (χ4n) is 5.14. The second-order valence-electron chi connectivity index (χ2n) is 11.0. The molecule has 1 atom stereocenters. The first-order chi connectivity index (χ1) is 20.1. The topological polar surface area (TPSA) is 134 Å². The maximum Gasteiger partial charge on any atom is 0.318 e. The lowest BCUT2D eigenvalue weighted by atomic mass is 9.83. The van der Waals surface area contributed by atoms with Gasteiger partial charge in [-0.15, -0.1) is 0 Å². The van der Waals surface area contributed by atoms with E-state index in [0.29, 0.717) is 43.9 Å². The SMILES string of the molecule is CC(=O)SCCN(CCc1ccccc1)C(=O)N[C@@H](Cc1ccc([N+](=O)[O-])cc1)C(=O)NCCNC1(C)CCCCC1. The lowest BCUT2D eigenvalue weighted by Gasteiger charge is -2.35. The minimum Gasteiger partial charge on any atom is -0.353 e. The number of carbonyl (C=O) groups is 3. The zero-order valence-corrected chi connectivity index (χ0v) is 25.4. The molecule has 1 aliphatic rings. The van der Waals surface area contributed by atoms with Crippen molar-refractivity contribution in [3.8, 4) is 0 Å². The second kappa shape index (κ2) is 16.9. The monoisotopic (exact) mass is 597 g/mol. The number of benzene rings is 2. The molecule has 0 unspecified atom stereocenters. The number of carbonyl (C=O) groups excluding carboxylic acids is 3. The molecule has 42 heavy (non-hydrogen) atoms. The number of nitrogens with one attached hydrogen (secondary N) is 3. The Morgan fingerprint density at radius 1 is 0.976 bits per heavy atom. The van der Waals surface area contributed by atoms with Crippen molar-refractivity contribution in [2.45, 2.75) is 70.4 Å². The summed E-state index contributed by atoms with van der Waals surface area (Å²) in [5.41, 5.74) is 1.80. The molecule has 11 heteroatoms. The molecule has 0 heterocycles. The van der Waals surface area contributed by atoms with Crippen molar-refractivity contribution >= 4 is 34.5 Å². The van der Waals surface area contributed by atoms with Crippen LogP contribution in [0.15, 0.2) is 54.6 Å². The van der Waals surface area contributed by atoms with Crippen LogP contribution in [0.25, 0.3) is 0 Å². The molecule has 3 rings (SSSR count). The molecule has 0 bridgehead atoms. The van der Waals surface area contributed by atoms with Crippen molar-refractivity contribution in [1.29, 1.82) is 0 Å². The summed E-state index contributed by atoms with van der Waals surface area (Å²) in [5.74, 6) is 0.125. The Kier molecular flexibility index (Phi) is 13.3. The van der Waals surface area contributed by atoms with E-state index in [0.717, 1.165) is 30.2 Å². The van der Waals surface area contributed by atoms with Crippen molar-refractivity contribution in [3.63, 3.8) is 0 Å². The van der Waals surface area contributed by atoms with E-state index >= 15 is 0 Å². The van der Waals surface area contributed by atoms with Crippen LogP contribution < -0.4 is 16.0 Å². The molecule has 0 aliphatic heterocycles. The van der Waals surface area contributed by atoms with Crippen molar-refractivity contribution in [2.24, 2.45) is 0 Å². The Bertz CT molecular complexity index is 1170. The molecule has 2 aromatic carbocycles. The highest BCUT2D eigenvalue weighted by Crippen LogP contribution is 2.27. The van der Waals surface area contributed by atoms with Crippen LogP contribution >= 0.6 is 11.8 Å². The predicted molar refractivity (Wildman–Crippen MR) is 166 cm³/mol. The van der Waals surface area contributed by atoms with Gasteiger partial charge in [0.15, 0.2) is 5.12 Å². The van der Waals surface area contributed by atoms with Crippen LogP contribution in [-0.4, -0.2) is 70.4 Å². The second-order valence-corrected chi connectivity index (χ2v) is 12.3. The molecule has 0 saturated heterocycles. The van der Waals surface area contributed by atoms with Crippen LogP contribution in [0, 0.1) is 10.1 Å². The Balaban J connectivity index is 1.67. The van der Waals surface area contributed by atoms with Crippen LogP contribution in [0.4, 0.5) is 10.5 Å². The van der Waals surface area contributed by atoms with E-state index in [9.17, 15) is 24.5 Å². The molecule has 3 N–H and O–H groups in total. The number of urea groups is 1. The van der Waals surface area contributed by atoms with E-state index in [2.05, 4.69) is 22.9 Å². The number of amides is 3. The zero-order valence-electron chi connectivity index (χ0n) is 24.6. The molecule has 1 fully saturated rings. The summed E-state index contributed by atoms with van der Waals surface area (Å²) in [6, 6.07) is 14.5. The molecule has 2 aromatic rings. The standard InChI is InChI=1S/C31H43N5O5S/c1-24(37)42-22-21-35(20-15-25-9-5-3-6-10-25)30(39)34-28(23-26-11-13-27(14-12-26)36(40)41)29(38)32-18-19-33-31(2)16-7-4-8-17-31/h3,5-6,9-14,28,33H,4,7-8,15-23H2,1-2H3,(H,32,38)(H,34,39)/t28-/m0/s1. The van der Waals surface area contributed by atoms with Gasteiger partial charge in [-0.3, -0.25) is 19.7 Å². The molecule has 0 spiro atoms. The number of nitro groups is 1. The number of rotatable bonds is 15. The fraction of sp³-hybridized carbons (Fsp3) is 0.516. The van der Waals surface area contributed by atoms with E-state index in [-0.39, 0.29) is 28.7 Å². The average Bonchev–Trinajstić information content (AvgIpc) is 2.97. The highest BCUT2D eigenvalue weighted by molar-refractivity contribution is 8.13. The van der Waals surface area contributed by atoms with Crippen LogP contribution in [0.5, 0.6) is 0 Å². The molecular weight excluding hydrogens is 554 g/mol. The predicted octanol–water partition coefficient (Wildman–Crippen LogP) is 4.47. The van der Waals surface area contributed by atoms with Crippen LogP contribution in [0.3, 0.4) is 0 Å². The highest BCUT2D eigenvalue weighted by Gasteiger charge is 2.27. The molecule has 3 amide bonds. The lowest BCUT2D eigenvalue weighted by molar-refractivity contribution is -0.384. The van der Waals surface area contributed by atoms with E-state index < -0.39 is 17.0 Å². The van der Waals surface area contributed by atoms with Crippen molar-refractivity contribution in [1.82, 2.24) is 20.9 Å². The highest BCUT2D eigenvalue weighted by atomic mass is 32.2. The van der Waals surface area contributed by atoms with Gasteiger partial charge in [-0.05, 0) is 37.3 Å². The van der Waals surface area contributed by atoms with Crippen molar-refractivity contribution in [2.75, 3.05) is 31.9 Å². The number of nitrogens with zero attached hydrogens (tertiary/aromatic N) is 2. The number of thioether (sulfide) groups is 1. The molecule has 0 radical (unpaired) electrons. The van der Waals surface area contributed by atoms with E-state index in [1.165, 1.54) is 38.3 Å². The van der Waals surface area contributed by atoms with Gasteiger partial charge in [0, 0.05) is 62.9 Å². The summed E-state index contributed by atoms with van der Waals surface area (Å²) in [5, 5.41) is 20.5. The first-order valence-electron chi connectivity index (χ1n) is 14.6. The maximum absolute atomic E-state index is 13.5. The minimum absolute atomic E-state index is 0.0236. The number of nitro benzene ring substituents is 1. The van der Waals surface area contributed by atoms with Gasteiger partial charge in [-0.1, -0.05) is 73.5 Å². The third kappa shape index (κ3) is 11.4. The first kappa shape index (κ1) is 33.1. The van der Waals surface area contributed by atoms with E-state index in [1.54, 1.807) is 17.0 Å². The first-order valence-corrected chi connectivity index (χ1v) is 15.6. The Morgan fingerprint density at radius 3 is 2.31 bits per heavy atom. The molecule has 228 valence electrons. The number of hydrogen-bond acceptors (Lipinski definition) is 7. The minimum atomic E-state index is -0.885. The Hall–Kier alpha value is -3.44. The number of hydrogen-bond donors (Lipinski definition) is 3. The maximum atomic E-state index is 13.5. The van der Waals surface area contributed by atoms with Gasteiger partial charge in [0.1, 0.15) is 6.04 Å². The molecular formula is C31H43N5O5S. The summed E-state index contributed by atoms with van der Waals surface area (Å²) >= 11 is 1.15. The third-order valence-electron chi connectivity index (χ3n) is 7.60. The van der Waals surface area contributed by atoms with Crippen LogP contribution in [-0.2, 0) is 22.4 Å². The summed E-state index contributed by atoms with van der Waals surface area (Å²) < 4.78 is 0. The van der Waals surface area contributed by atoms with Crippen molar-refractivity contribution < 1.29 is 19.3 Å². The van der Waals surface area contributed by atoms with Gasteiger partial charge in [-0.2, -0.15) is 0 Å². The summed E-state index contributed by atoms with van der Waals surface area (Å²) in [6.07, 6.45) is 6.68. The number of non-ortho nitro benzene ring substituents is 1. The van der Waals surface area contributed by atoms with Gasteiger partial charge in [0.2, 0.25) is 5.91 Å². The van der Waals surface area contributed by atoms with Gasteiger partial charge in [0.25, 0.3) is 5.69 Å². The molecule has 1 aliphatic carbocycles. The van der Waals surface area contributed by atoms with Gasteiger partial charge < -0.3 is 20.9 Å². The normalized spacial score (nSPS) is 14.9. The average molecular weight is 598 g/mol. The summed E-state index contributed by atoms with van der Waals surface area (Å²) in [6.45, 7) is 5.51. The molecule has 1 saturated carbocycles. The molecule has 0 aromatic heterocycles. The fourth-order valence-corrected chi connectivity index (χ4v) is 5.74. The smallest absolute Gasteiger partial charge is 0.318 e. The van der Waals surface area contributed by atoms with E-state index in [4.69, 9.17) is 0 Å². The zero-order chi connectivity index (χ0) is 30.4. The Morgan fingerprint density at radius 2 is 1.67 bits per heavy atom. The van der Waals surface area contributed by atoms with Gasteiger partial charge in [-0.25, -0.2) is 4.79 Å². The summed E-state index contributed by atoms with van der Waals surface area (Å²) in [7, 11) is 0. The largest absolute Gasteiger partial charge is 0.353 e. The van der Waals surface area contributed by atoms with Gasteiger partial charge >= 0.3 is 6.03 Å². The van der Waals surface area contributed by atoms with Crippen molar-refractivity contribution in [3.05, 3.63) is 75.8 Å².